The lowest BCUT2D eigenvalue weighted by Gasteiger charge is -2.07. The fourth-order valence-electron chi connectivity index (χ4n) is 2.01. The average molecular weight is 330 g/mol. The van der Waals surface area contributed by atoms with E-state index in [1.165, 1.54) is 12.5 Å². The number of hydrogen-bond acceptors (Lipinski definition) is 5. The van der Waals surface area contributed by atoms with E-state index in [-0.39, 0.29) is 11.9 Å². The van der Waals surface area contributed by atoms with E-state index in [9.17, 15) is 4.79 Å². The predicted octanol–water partition coefficient (Wildman–Crippen LogP) is 3.65. The zero-order chi connectivity index (χ0) is 16.2. The Morgan fingerprint density at radius 1 is 1.22 bits per heavy atom. The van der Waals surface area contributed by atoms with Crippen molar-refractivity contribution in [2.75, 3.05) is 12.4 Å². The number of anilines is 1. The molecule has 0 fully saturated rings. The molecule has 3 aromatic rings. The van der Waals surface area contributed by atoms with E-state index in [1.807, 2.05) is 6.07 Å². The zero-order valence-corrected chi connectivity index (χ0v) is 12.9. The summed E-state index contributed by atoms with van der Waals surface area (Å²) in [6.07, 6.45) is 4.39. The maximum absolute atomic E-state index is 12.2. The topological polar surface area (TPSA) is 77.2 Å². The Morgan fingerprint density at radius 2 is 2.09 bits per heavy atom. The van der Waals surface area contributed by atoms with E-state index >= 15 is 0 Å². The number of hydrogen-bond donors (Lipinski definition) is 1. The largest absolute Gasteiger partial charge is 0.495 e. The van der Waals surface area contributed by atoms with Crippen LogP contribution in [0.2, 0.25) is 5.02 Å². The summed E-state index contributed by atoms with van der Waals surface area (Å²) in [4.78, 5) is 20.3. The third-order valence-electron chi connectivity index (χ3n) is 3.12. The van der Waals surface area contributed by atoms with Crippen LogP contribution in [0.3, 0.4) is 0 Å². The smallest absolute Gasteiger partial charge is 0.301 e. The van der Waals surface area contributed by atoms with Gasteiger partial charge in [-0.1, -0.05) is 11.6 Å². The van der Waals surface area contributed by atoms with Gasteiger partial charge in [-0.05, 0) is 30.3 Å². The van der Waals surface area contributed by atoms with E-state index in [2.05, 4.69) is 15.3 Å². The van der Waals surface area contributed by atoms with Crippen LogP contribution in [-0.2, 0) is 0 Å². The van der Waals surface area contributed by atoms with Crippen molar-refractivity contribution in [3.8, 4) is 17.0 Å². The lowest BCUT2D eigenvalue weighted by molar-refractivity contribution is 0.102. The number of amides is 1. The summed E-state index contributed by atoms with van der Waals surface area (Å²) in [5, 5.41) is 3.03. The highest BCUT2D eigenvalue weighted by Crippen LogP contribution is 2.29. The Hall–Kier alpha value is -2.86. The predicted molar refractivity (Wildman–Crippen MR) is 85.7 cm³/mol. The molecule has 1 aromatic carbocycles. The molecule has 116 valence electrons. The first-order valence-corrected chi connectivity index (χ1v) is 7.06. The lowest BCUT2D eigenvalue weighted by atomic mass is 10.1. The minimum Gasteiger partial charge on any atom is -0.495 e. The molecule has 0 spiro atoms. The van der Waals surface area contributed by atoms with Gasteiger partial charge in [0, 0.05) is 17.3 Å². The van der Waals surface area contributed by atoms with Crippen molar-refractivity contribution >= 4 is 23.5 Å². The van der Waals surface area contributed by atoms with Gasteiger partial charge in [0.2, 0.25) is 0 Å². The molecule has 1 amide bonds. The van der Waals surface area contributed by atoms with Crippen LogP contribution in [0.5, 0.6) is 5.75 Å². The molecule has 0 radical (unpaired) electrons. The molecule has 7 heteroatoms. The van der Waals surface area contributed by atoms with E-state index in [0.29, 0.717) is 22.0 Å². The van der Waals surface area contributed by atoms with E-state index < -0.39 is 0 Å². The van der Waals surface area contributed by atoms with Crippen molar-refractivity contribution in [1.29, 1.82) is 0 Å². The number of pyridine rings is 1. The Kier molecular flexibility index (Phi) is 4.25. The molecule has 0 unspecified atom stereocenters. The van der Waals surface area contributed by atoms with Gasteiger partial charge in [0.1, 0.15) is 12.0 Å². The molecule has 0 atom stereocenters. The van der Waals surface area contributed by atoms with Gasteiger partial charge in [0.05, 0.1) is 24.0 Å². The molecular weight excluding hydrogens is 318 g/mol. The number of nitrogens with one attached hydrogen (secondary N) is 1. The van der Waals surface area contributed by atoms with Gasteiger partial charge in [0.25, 0.3) is 5.91 Å². The Bertz CT molecular complexity index is 834. The quantitative estimate of drug-likeness (QED) is 0.790. The molecule has 2 heterocycles. The minimum atomic E-state index is -0.337. The normalized spacial score (nSPS) is 10.3. The zero-order valence-electron chi connectivity index (χ0n) is 12.1. The SMILES string of the molecule is COc1ccc(-c2cc(C(=O)Nc3ncco3)ccn2)cc1Cl. The number of nitrogens with zero attached hydrogens (tertiary/aromatic N) is 2. The van der Waals surface area contributed by atoms with Gasteiger partial charge in [-0.15, -0.1) is 0 Å². The number of rotatable bonds is 4. The molecule has 2 aromatic heterocycles. The van der Waals surface area contributed by atoms with Crippen molar-refractivity contribution in [1.82, 2.24) is 9.97 Å². The lowest BCUT2D eigenvalue weighted by Crippen LogP contribution is -2.12. The third kappa shape index (κ3) is 3.32. The molecule has 0 bridgehead atoms. The maximum Gasteiger partial charge on any atom is 0.301 e. The van der Waals surface area contributed by atoms with Gasteiger partial charge in [-0.25, -0.2) is 4.98 Å². The maximum atomic E-state index is 12.2. The van der Waals surface area contributed by atoms with Gasteiger partial charge in [-0.2, -0.15) is 0 Å². The summed E-state index contributed by atoms with van der Waals surface area (Å²) in [7, 11) is 1.55. The molecule has 0 aliphatic heterocycles. The standard InChI is InChI=1S/C16H12ClN3O3/c1-22-14-3-2-10(8-12(14)17)13-9-11(4-5-18-13)15(21)20-16-19-6-7-23-16/h2-9H,1H3,(H,19,20,21). The number of methoxy groups -OCH3 is 1. The monoisotopic (exact) mass is 329 g/mol. The first-order chi connectivity index (χ1) is 11.2. The van der Waals surface area contributed by atoms with Crippen LogP contribution in [0.1, 0.15) is 10.4 Å². The molecule has 0 saturated carbocycles. The molecule has 0 aliphatic carbocycles. The number of benzene rings is 1. The summed E-state index contributed by atoms with van der Waals surface area (Å²) in [5.74, 6) is 0.240. The van der Waals surface area contributed by atoms with Crippen LogP contribution in [-0.4, -0.2) is 23.0 Å². The van der Waals surface area contributed by atoms with Crippen molar-refractivity contribution in [2.24, 2.45) is 0 Å². The average Bonchev–Trinajstić information content (AvgIpc) is 3.08. The second kappa shape index (κ2) is 6.50. The van der Waals surface area contributed by atoms with Crippen LogP contribution < -0.4 is 10.1 Å². The van der Waals surface area contributed by atoms with E-state index in [1.54, 1.807) is 37.6 Å². The van der Waals surface area contributed by atoms with E-state index in [0.717, 1.165) is 5.56 Å². The van der Waals surface area contributed by atoms with Crippen LogP contribution in [0.25, 0.3) is 11.3 Å². The number of carbonyl (C=O) groups excluding carboxylic acids is 1. The van der Waals surface area contributed by atoms with Crippen molar-refractivity contribution in [2.45, 2.75) is 0 Å². The van der Waals surface area contributed by atoms with Crippen molar-refractivity contribution < 1.29 is 13.9 Å². The molecular formula is C16H12ClN3O3. The second-order valence-corrected chi connectivity index (χ2v) is 4.98. The molecule has 0 saturated heterocycles. The molecule has 23 heavy (non-hydrogen) atoms. The van der Waals surface area contributed by atoms with E-state index in [4.69, 9.17) is 20.8 Å². The highest BCUT2D eigenvalue weighted by Gasteiger charge is 2.11. The molecule has 0 aliphatic rings. The van der Waals surface area contributed by atoms with Crippen LogP contribution in [0.15, 0.2) is 53.4 Å². The first-order valence-electron chi connectivity index (χ1n) is 6.68. The summed E-state index contributed by atoms with van der Waals surface area (Å²) < 4.78 is 10.1. The Morgan fingerprint density at radius 3 is 2.78 bits per heavy atom. The fourth-order valence-corrected chi connectivity index (χ4v) is 2.27. The van der Waals surface area contributed by atoms with Crippen molar-refractivity contribution in [3.05, 3.63) is 59.6 Å². The van der Waals surface area contributed by atoms with Gasteiger partial charge in [0.15, 0.2) is 0 Å². The summed E-state index contributed by atoms with van der Waals surface area (Å²) >= 11 is 6.12. The van der Waals surface area contributed by atoms with Crippen molar-refractivity contribution in [3.63, 3.8) is 0 Å². The first kappa shape index (κ1) is 15.1. The number of carbonyl (C=O) groups is 1. The van der Waals surface area contributed by atoms with Crippen LogP contribution >= 0.6 is 11.6 Å². The highest BCUT2D eigenvalue weighted by molar-refractivity contribution is 6.32. The minimum absolute atomic E-state index is 0.140. The fraction of sp³-hybridized carbons (Fsp3) is 0.0625. The summed E-state index contributed by atoms with van der Waals surface area (Å²) in [5.41, 5.74) is 1.83. The van der Waals surface area contributed by atoms with Gasteiger partial charge < -0.3 is 9.15 Å². The highest BCUT2D eigenvalue weighted by atomic mass is 35.5. The molecule has 3 rings (SSSR count). The molecule has 1 N–H and O–H groups in total. The number of halogens is 1. The Balaban J connectivity index is 1.87. The third-order valence-corrected chi connectivity index (χ3v) is 3.42. The second-order valence-electron chi connectivity index (χ2n) is 4.57. The summed E-state index contributed by atoms with van der Waals surface area (Å²) in [6, 6.07) is 8.71. The van der Waals surface area contributed by atoms with Gasteiger partial charge >= 0.3 is 6.01 Å². The number of ether oxygens (including phenoxy) is 1. The Labute approximate surface area is 137 Å². The number of aromatic nitrogens is 2. The number of oxazole rings is 1. The summed E-state index contributed by atoms with van der Waals surface area (Å²) in [6.45, 7) is 0. The van der Waals surface area contributed by atoms with Crippen LogP contribution in [0, 0.1) is 0 Å². The molecule has 6 nitrogen and oxygen atoms in total. The van der Waals surface area contributed by atoms with Gasteiger partial charge in [-0.3, -0.25) is 15.1 Å². The van der Waals surface area contributed by atoms with Crippen LogP contribution in [0.4, 0.5) is 6.01 Å².